The van der Waals surface area contributed by atoms with Crippen LogP contribution in [0.5, 0.6) is 5.75 Å². The van der Waals surface area contributed by atoms with E-state index in [1.165, 1.54) is 11.1 Å². The van der Waals surface area contributed by atoms with Gasteiger partial charge in [0.1, 0.15) is 5.75 Å². The van der Waals surface area contributed by atoms with Crippen molar-refractivity contribution in [3.63, 3.8) is 0 Å². The van der Waals surface area contributed by atoms with Crippen molar-refractivity contribution in [3.8, 4) is 5.75 Å². The van der Waals surface area contributed by atoms with Crippen LogP contribution in [0.4, 0.5) is 5.69 Å². The molecule has 3 aromatic carbocycles. The molecule has 0 saturated heterocycles. The molecule has 32 heavy (non-hydrogen) atoms. The Balaban J connectivity index is 1.53. The molecule has 0 aliphatic carbocycles. The van der Waals surface area contributed by atoms with E-state index in [9.17, 15) is 14.7 Å². The molecule has 9 heteroatoms. The number of nitrogens with zero attached hydrogens (tertiary/aromatic N) is 2. The topological polar surface area (TPSA) is 94.0 Å². The first kappa shape index (κ1) is 21.7. The summed E-state index contributed by atoms with van der Waals surface area (Å²) in [5.74, 6) is -1.07. The maximum atomic E-state index is 13.0. The van der Waals surface area contributed by atoms with E-state index in [1.807, 2.05) is 24.3 Å². The zero-order valence-corrected chi connectivity index (χ0v) is 18.6. The summed E-state index contributed by atoms with van der Waals surface area (Å²) in [6.45, 7) is 3.33. The molecular weight excluding hydrogens is 451 g/mol. The first-order valence-electron chi connectivity index (χ1n) is 9.60. The van der Waals surface area contributed by atoms with E-state index in [0.717, 1.165) is 10.8 Å². The van der Waals surface area contributed by atoms with Crippen molar-refractivity contribution >= 4 is 57.2 Å². The smallest absolute Gasteiger partial charge is 0.282 e. The van der Waals surface area contributed by atoms with Gasteiger partial charge in [0.25, 0.3) is 11.8 Å². The second-order valence-electron chi connectivity index (χ2n) is 7.20. The third-order valence-electron chi connectivity index (χ3n) is 5.01. The molecule has 3 aromatic rings. The highest BCUT2D eigenvalue weighted by Gasteiger charge is 2.31. The maximum Gasteiger partial charge on any atom is 0.282 e. The number of phenols is 1. The predicted octanol–water partition coefficient (Wildman–Crippen LogP) is 4.78. The first-order valence-corrected chi connectivity index (χ1v) is 10.4. The number of hydrogen-bond acceptors (Lipinski definition) is 5. The van der Waals surface area contributed by atoms with Crippen molar-refractivity contribution < 1.29 is 14.7 Å². The van der Waals surface area contributed by atoms with Crippen molar-refractivity contribution in [2.75, 3.05) is 5.01 Å². The fourth-order valence-corrected chi connectivity index (χ4v) is 3.71. The van der Waals surface area contributed by atoms with Gasteiger partial charge in [-0.2, -0.15) is 10.1 Å². The van der Waals surface area contributed by atoms with Crippen LogP contribution >= 0.6 is 23.2 Å². The summed E-state index contributed by atoms with van der Waals surface area (Å²) >= 11 is 12.0. The van der Waals surface area contributed by atoms with Crippen LogP contribution in [-0.2, 0) is 4.79 Å². The molecule has 1 heterocycles. The van der Waals surface area contributed by atoms with Crippen LogP contribution in [0.25, 0.3) is 10.8 Å². The molecule has 1 aliphatic heterocycles. The Labute approximate surface area is 193 Å². The third-order valence-corrected chi connectivity index (χ3v) is 5.75. The summed E-state index contributed by atoms with van der Waals surface area (Å²) < 4.78 is 0. The Kier molecular flexibility index (Phi) is 5.78. The predicted molar refractivity (Wildman–Crippen MR) is 126 cm³/mol. The van der Waals surface area contributed by atoms with Gasteiger partial charge in [0.05, 0.1) is 32.6 Å². The van der Waals surface area contributed by atoms with Crippen molar-refractivity contribution in [3.05, 3.63) is 81.5 Å². The molecule has 7 nitrogen and oxygen atoms in total. The Bertz CT molecular complexity index is 1330. The summed E-state index contributed by atoms with van der Waals surface area (Å²) in [5, 5.41) is 18.1. The molecule has 0 bridgehead atoms. The van der Waals surface area contributed by atoms with Gasteiger partial charge in [-0.1, -0.05) is 47.5 Å². The number of hydrogen-bond donors (Lipinski definition) is 3. The number of fused-ring (bicyclic) bond motifs is 1. The summed E-state index contributed by atoms with van der Waals surface area (Å²) in [5.41, 5.74) is 7.01. The number of allylic oxidation sites excluding steroid dienone is 1. The van der Waals surface area contributed by atoms with E-state index in [0.29, 0.717) is 32.7 Å². The van der Waals surface area contributed by atoms with Gasteiger partial charge in [-0.3, -0.25) is 15.0 Å². The highest BCUT2D eigenvalue weighted by Crippen LogP contribution is 2.31. The van der Waals surface area contributed by atoms with Crippen LogP contribution in [0.2, 0.25) is 10.0 Å². The van der Waals surface area contributed by atoms with Gasteiger partial charge in [-0.05, 0) is 55.0 Å². The molecule has 1 aliphatic rings. The number of phenolic OH excluding ortho intramolecular Hbond substituents is 1. The molecule has 2 amide bonds. The van der Waals surface area contributed by atoms with E-state index < -0.39 is 5.91 Å². The Morgan fingerprint density at radius 1 is 1.00 bits per heavy atom. The lowest BCUT2D eigenvalue weighted by atomic mass is 10.1. The molecule has 0 radical (unpaired) electrons. The molecule has 0 atom stereocenters. The number of carbonyl (C=O) groups excluding carboxylic acids is 2. The van der Waals surface area contributed by atoms with E-state index in [2.05, 4.69) is 16.0 Å². The number of amides is 2. The van der Waals surface area contributed by atoms with Gasteiger partial charge in [-0.25, -0.2) is 0 Å². The van der Waals surface area contributed by atoms with E-state index >= 15 is 0 Å². The van der Waals surface area contributed by atoms with Crippen LogP contribution in [-0.4, -0.2) is 22.6 Å². The molecule has 0 aromatic heterocycles. The monoisotopic (exact) mass is 468 g/mol. The van der Waals surface area contributed by atoms with Crippen LogP contribution in [0.15, 0.2) is 71.0 Å². The van der Waals surface area contributed by atoms with Gasteiger partial charge >= 0.3 is 0 Å². The lowest BCUT2D eigenvalue weighted by Gasteiger charge is -2.14. The van der Waals surface area contributed by atoms with Crippen LogP contribution in [0.3, 0.4) is 0 Å². The number of rotatable bonds is 4. The van der Waals surface area contributed by atoms with Crippen molar-refractivity contribution in [1.29, 1.82) is 0 Å². The Morgan fingerprint density at radius 3 is 2.38 bits per heavy atom. The largest absolute Gasteiger partial charge is 0.507 e. The number of carbonyl (C=O) groups is 2. The fourth-order valence-electron chi connectivity index (χ4n) is 3.42. The number of halogens is 2. The van der Waals surface area contributed by atoms with Crippen molar-refractivity contribution in [2.24, 2.45) is 5.10 Å². The highest BCUT2D eigenvalue weighted by molar-refractivity contribution is 6.42. The summed E-state index contributed by atoms with van der Waals surface area (Å²) in [6.07, 6.45) is 0. The molecule has 0 spiro atoms. The minimum absolute atomic E-state index is 0.106. The minimum atomic E-state index is -0.547. The van der Waals surface area contributed by atoms with E-state index in [4.69, 9.17) is 23.2 Å². The van der Waals surface area contributed by atoms with Gasteiger partial charge < -0.3 is 10.5 Å². The fraction of sp³-hybridized carbons (Fsp3) is 0.0870. The van der Waals surface area contributed by atoms with Crippen LogP contribution in [0.1, 0.15) is 24.2 Å². The number of aromatic hydroxyl groups is 1. The molecule has 4 rings (SSSR count). The second-order valence-corrected chi connectivity index (χ2v) is 8.01. The molecule has 0 saturated carbocycles. The van der Waals surface area contributed by atoms with Crippen molar-refractivity contribution in [1.82, 2.24) is 10.9 Å². The highest BCUT2D eigenvalue weighted by atomic mass is 35.5. The number of nitrogens with one attached hydrogen (secondary N) is 2. The number of hydrazine groups is 1. The van der Waals surface area contributed by atoms with E-state index in [1.54, 1.807) is 38.1 Å². The van der Waals surface area contributed by atoms with Crippen LogP contribution in [0, 0.1) is 0 Å². The Morgan fingerprint density at radius 2 is 1.69 bits per heavy atom. The summed E-state index contributed by atoms with van der Waals surface area (Å²) in [6, 6.07) is 15.3. The van der Waals surface area contributed by atoms with Gasteiger partial charge in [0.2, 0.25) is 0 Å². The normalized spacial score (nSPS) is 15.1. The zero-order chi connectivity index (χ0) is 23.0. The van der Waals surface area contributed by atoms with Gasteiger partial charge in [0.15, 0.2) is 0 Å². The Hall–Kier alpha value is -3.55. The quantitative estimate of drug-likeness (QED) is 0.379. The second kappa shape index (κ2) is 8.53. The standard InChI is InChI=1S/C23H18Cl2N4O3/c1-12(21-13(2)28-29(23(21)32)16-7-8-18(24)19(25)11-16)26-27-22(31)17-9-14-5-3-4-6-15(14)10-20(17)30/h3-11,26,30H,1-2H3,(H,27,31)/b21-12-. The lowest BCUT2D eigenvalue weighted by Crippen LogP contribution is -2.38. The third kappa shape index (κ3) is 4.00. The number of anilines is 1. The molecule has 162 valence electrons. The van der Waals surface area contributed by atoms with Gasteiger partial charge in [0, 0.05) is 5.70 Å². The molecular formula is C23H18Cl2N4O3. The summed E-state index contributed by atoms with van der Waals surface area (Å²) in [7, 11) is 0. The average molecular weight is 469 g/mol. The number of hydrazone groups is 1. The molecule has 3 N–H and O–H groups in total. The lowest BCUT2D eigenvalue weighted by molar-refractivity contribution is -0.114. The van der Waals surface area contributed by atoms with Crippen LogP contribution < -0.4 is 15.9 Å². The van der Waals surface area contributed by atoms with Crippen molar-refractivity contribution in [2.45, 2.75) is 13.8 Å². The minimum Gasteiger partial charge on any atom is -0.507 e. The molecule has 0 unspecified atom stereocenters. The SMILES string of the molecule is CC1=NN(c2ccc(Cl)c(Cl)c2)C(=O)/C1=C(/C)NNC(=O)c1cc2ccccc2cc1O. The number of benzene rings is 3. The van der Waals surface area contributed by atoms with E-state index in [-0.39, 0.29) is 17.2 Å². The zero-order valence-electron chi connectivity index (χ0n) is 17.1. The molecule has 0 fully saturated rings. The summed E-state index contributed by atoms with van der Waals surface area (Å²) in [4.78, 5) is 25.6. The first-order chi connectivity index (χ1) is 15.3. The average Bonchev–Trinajstić information content (AvgIpc) is 3.07. The maximum absolute atomic E-state index is 13.0. The van der Waals surface area contributed by atoms with Gasteiger partial charge in [-0.15, -0.1) is 0 Å².